The Morgan fingerprint density at radius 1 is 1.15 bits per heavy atom. The molecule has 3 rings (SSSR count). The zero-order valence-electron chi connectivity index (χ0n) is 13.6. The molecule has 9 heteroatoms. The first kappa shape index (κ1) is 19.3. The number of sulfonamides is 1. The number of hydrogen-bond donors (Lipinski definition) is 1. The summed E-state index contributed by atoms with van der Waals surface area (Å²) < 4.78 is 32.8. The molecule has 26 heavy (non-hydrogen) atoms. The molecule has 6 nitrogen and oxygen atoms in total. The van der Waals surface area contributed by atoms with E-state index in [4.69, 9.17) is 16.3 Å². The quantitative estimate of drug-likeness (QED) is 0.760. The predicted molar refractivity (Wildman–Crippen MR) is 103 cm³/mol. The second kappa shape index (κ2) is 8.06. The fourth-order valence-electron chi connectivity index (χ4n) is 2.53. The number of nitrogens with zero attached hydrogens (tertiary/aromatic N) is 1. The largest absolute Gasteiger partial charge is 0.379 e. The lowest BCUT2D eigenvalue weighted by Gasteiger charge is -2.26. The van der Waals surface area contributed by atoms with Crippen LogP contribution >= 0.6 is 27.5 Å². The number of carbonyl (C=O) groups is 1. The molecule has 2 aromatic rings. The third-order valence-electron chi connectivity index (χ3n) is 3.91. The van der Waals surface area contributed by atoms with Crippen molar-refractivity contribution in [3.8, 4) is 0 Å². The molecule has 0 unspecified atom stereocenters. The summed E-state index contributed by atoms with van der Waals surface area (Å²) in [7, 11) is -3.71. The van der Waals surface area contributed by atoms with Gasteiger partial charge >= 0.3 is 0 Å². The maximum atomic E-state index is 12.8. The zero-order valence-corrected chi connectivity index (χ0v) is 16.8. The van der Waals surface area contributed by atoms with Gasteiger partial charge in [0.1, 0.15) is 0 Å². The Kier molecular flexibility index (Phi) is 5.99. The molecule has 0 bridgehead atoms. The third-order valence-corrected chi connectivity index (χ3v) is 6.83. The van der Waals surface area contributed by atoms with Gasteiger partial charge in [-0.15, -0.1) is 0 Å². The van der Waals surface area contributed by atoms with E-state index in [1.807, 2.05) is 6.07 Å². The summed E-state index contributed by atoms with van der Waals surface area (Å²) in [5, 5.41) is 2.90. The van der Waals surface area contributed by atoms with E-state index in [9.17, 15) is 13.2 Å². The van der Waals surface area contributed by atoms with Crippen LogP contribution in [0.25, 0.3) is 0 Å². The van der Waals surface area contributed by atoms with Crippen molar-refractivity contribution in [1.82, 2.24) is 4.31 Å². The summed E-state index contributed by atoms with van der Waals surface area (Å²) in [6.07, 6.45) is 0. The highest BCUT2D eigenvalue weighted by Crippen LogP contribution is 2.26. The van der Waals surface area contributed by atoms with Crippen LogP contribution in [0, 0.1) is 0 Å². The van der Waals surface area contributed by atoms with Crippen LogP contribution in [-0.4, -0.2) is 44.9 Å². The summed E-state index contributed by atoms with van der Waals surface area (Å²) in [6.45, 7) is 1.26. The van der Waals surface area contributed by atoms with Gasteiger partial charge in [0.05, 0.1) is 34.4 Å². The molecule has 1 aliphatic rings. The van der Waals surface area contributed by atoms with Crippen LogP contribution in [0.15, 0.2) is 51.8 Å². The Hall–Kier alpha value is -1.45. The molecule has 1 aliphatic heterocycles. The molecule has 1 fully saturated rings. The third kappa shape index (κ3) is 4.10. The number of amides is 1. The molecule has 0 aliphatic carbocycles. The van der Waals surface area contributed by atoms with Crippen LogP contribution in [0.3, 0.4) is 0 Å². The summed E-state index contributed by atoms with van der Waals surface area (Å²) in [5.74, 6) is -0.485. The summed E-state index contributed by atoms with van der Waals surface area (Å²) in [6, 6.07) is 11.2. The molecule has 0 radical (unpaired) electrons. The molecule has 1 amide bonds. The van der Waals surface area contributed by atoms with Crippen molar-refractivity contribution in [2.75, 3.05) is 31.6 Å². The minimum absolute atomic E-state index is 0.0288. The standard InChI is InChI=1S/C17H16BrClN2O4S/c18-14-3-1-2-4-16(14)20-17(22)13-11-12(5-6-15(13)19)26(23,24)21-7-9-25-10-8-21/h1-6,11H,7-10H2,(H,20,22). The fourth-order valence-corrected chi connectivity index (χ4v) is 4.55. The minimum Gasteiger partial charge on any atom is -0.379 e. The Bertz CT molecular complexity index is 930. The lowest BCUT2D eigenvalue weighted by molar-refractivity contribution is 0.0730. The number of carbonyl (C=O) groups excluding carboxylic acids is 1. The Morgan fingerprint density at radius 3 is 2.54 bits per heavy atom. The van der Waals surface area contributed by atoms with Crippen LogP contribution < -0.4 is 5.32 Å². The van der Waals surface area contributed by atoms with Crippen LogP contribution in [0.4, 0.5) is 5.69 Å². The highest BCUT2D eigenvalue weighted by atomic mass is 79.9. The van der Waals surface area contributed by atoms with Gasteiger partial charge in [-0.3, -0.25) is 4.79 Å². The van der Waals surface area contributed by atoms with Crippen LogP contribution in [0.1, 0.15) is 10.4 Å². The first-order valence-corrected chi connectivity index (χ1v) is 10.4. The first-order chi connectivity index (χ1) is 12.4. The predicted octanol–water partition coefficient (Wildman–Crippen LogP) is 3.38. The van der Waals surface area contributed by atoms with Crippen molar-refractivity contribution in [1.29, 1.82) is 0 Å². The molecule has 2 aromatic carbocycles. The van der Waals surface area contributed by atoms with E-state index >= 15 is 0 Å². The molecule has 1 N–H and O–H groups in total. The Morgan fingerprint density at radius 2 is 1.85 bits per heavy atom. The van der Waals surface area contributed by atoms with Crippen molar-refractivity contribution >= 4 is 49.1 Å². The number of ether oxygens (including phenoxy) is 1. The van der Waals surface area contributed by atoms with Crippen LogP contribution in [0.2, 0.25) is 5.02 Å². The van der Waals surface area contributed by atoms with E-state index in [1.54, 1.807) is 18.2 Å². The number of anilines is 1. The SMILES string of the molecule is O=C(Nc1ccccc1Br)c1cc(S(=O)(=O)N2CCOCC2)ccc1Cl. The van der Waals surface area contributed by atoms with E-state index in [2.05, 4.69) is 21.2 Å². The monoisotopic (exact) mass is 458 g/mol. The first-order valence-electron chi connectivity index (χ1n) is 7.83. The van der Waals surface area contributed by atoms with Crippen molar-refractivity contribution < 1.29 is 17.9 Å². The van der Waals surface area contributed by atoms with Crippen LogP contribution in [-0.2, 0) is 14.8 Å². The average Bonchev–Trinajstić information content (AvgIpc) is 2.64. The smallest absolute Gasteiger partial charge is 0.257 e. The second-order valence-corrected chi connectivity index (χ2v) is 8.79. The number of morpholine rings is 1. The Balaban J connectivity index is 1.90. The van der Waals surface area contributed by atoms with Gasteiger partial charge in [-0.1, -0.05) is 23.7 Å². The number of benzene rings is 2. The summed E-state index contributed by atoms with van der Waals surface area (Å²) >= 11 is 9.48. The summed E-state index contributed by atoms with van der Waals surface area (Å²) in [5.41, 5.74) is 0.659. The molecule has 138 valence electrons. The molecule has 0 saturated carbocycles. The number of halogens is 2. The van der Waals surface area contributed by atoms with Gasteiger partial charge in [0.25, 0.3) is 5.91 Å². The van der Waals surface area contributed by atoms with Crippen molar-refractivity contribution in [3.63, 3.8) is 0 Å². The number of para-hydroxylation sites is 1. The van der Waals surface area contributed by atoms with Gasteiger partial charge in [-0.25, -0.2) is 8.42 Å². The zero-order chi connectivity index (χ0) is 18.7. The number of nitrogens with one attached hydrogen (secondary N) is 1. The topological polar surface area (TPSA) is 75.7 Å². The van der Waals surface area contributed by atoms with E-state index in [0.717, 1.165) is 0 Å². The van der Waals surface area contributed by atoms with E-state index in [1.165, 1.54) is 22.5 Å². The van der Waals surface area contributed by atoms with E-state index < -0.39 is 15.9 Å². The normalized spacial score (nSPS) is 15.6. The lowest BCUT2D eigenvalue weighted by Crippen LogP contribution is -2.40. The van der Waals surface area contributed by atoms with Crippen molar-refractivity contribution in [2.45, 2.75) is 4.90 Å². The Labute approximate surface area is 165 Å². The average molecular weight is 460 g/mol. The second-order valence-electron chi connectivity index (χ2n) is 5.59. The maximum absolute atomic E-state index is 12.8. The van der Waals surface area contributed by atoms with Crippen molar-refractivity contribution in [3.05, 3.63) is 57.5 Å². The highest BCUT2D eigenvalue weighted by Gasteiger charge is 2.27. The molecule has 1 saturated heterocycles. The van der Waals surface area contributed by atoms with E-state index in [-0.39, 0.29) is 28.6 Å². The lowest BCUT2D eigenvalue weighted by atomic mass is 10.2. The van der Waals surface area contributed by atoms with Crippen molar-refractivity contribution in [2.24, 2.45) is 0 Å². The summed E-state index contributed by atoms with van der Waals surface area (Å²) in [4.78, 5) is 12.6. The van der Waals surface area contributed by atoms with Gasteiger partial charge < -0.3 is 10.1 Å². The number of hydrogen-bond acceptors (Lipinski definition) is 4. The highest BCUT2D eigenvalue weighted by molar-refractivity contribution is 9.10. The maximum Gasteiger partial charge on any atom is 0.257 e. The van der Waals surface area contributed by atoms with Crippen LogP contribution in [0.5, 0.6) is 0 Å². The molecule has 1 heterocycles. The molecule has 0 spiro atoms. The van der Waals surface area contributed by atoms with Gasteiger partial charge in [-0.2, -0.15) is 4.31 Å². The number of rotatable bonds is 4. The van der Waals surface area contributed by atoms with Gasteiger partial charge in [0, 0.05) is 17.6 Å². The molecular weight excluding hydrogens is 444 g/mol. The molecular formula is C17H16BrClN2O4S. The molecule has 0 atom stereocenters. The van der Waals surface area contributed by atoms with E-state index in [0.29, 0.717) is 23.4 Å². The van der Waals surface area contributed by atoms with Gasteiger partial charge in [0.15, 0.2) is 0 Å². The van der Waals surface area contributed by atoms with Gasteiger partial charge in [-0.05, 0) is 46.3 Å². The molecule has 0 aromatic heterocycles. The fraction of sp³-hybridized carbons (Fsp3) is 0.235. The minimum atomic E-state index is -3.71. The van der Waals surface area contributed by atoms with Gasteiger partial charge in [0.2, 0.25) is 10.0 Å².